The molecule has 1 aliphatic rings. The van der Waals surface area contributed by atoms with Crippen molar-refractivity contribution in [3.05, 3.63) is 65.0 Å². The van der Waals surface area contributed by atoms with Gasteiger partial charge in [-0.05, 0) is 42.5 Å². The number of anilines is 1. The van der Waals surface area contributed by atoms with E-state index in [-0.39, 0.29) is 11.9 Å². The maximum atomic E-state index is 13.2. The van der Waals surface area contributed by atoms with E-state index < -0.39 is 11.9 Å². The predicted octanol–water partition coefficient (Wildman–Crippen LogP) is 4.51. The van der Waals surface area contributed by atoms with E-state index in [2.05, 4.69) is 0 Å². The molecule has 1 amide bonds. The van der Waals surface area contributed by atoms with Crippen molar-refractivity contribution >= 4 is 39.0 Å². The van der Waals surface area contributed by atoms with Crippen molar-refractivity contribution in [2.75, 3.05) is 4.90 Å². The molecule has 4 nitrogen and oxygen atoms in total. The van der Waals surface area contributed by atoms with Gasteiger partial charge in [-0.2, -0.15) is 0 Å². The number of amides is 1. The molecule has 0 spiro atoms. The number of para-hydroxylation sites is 1. The first-order valence-electron chi connectivity index (χ1n) is 8.20. The van der Waals surface area contributed by atoms with E-state index in [9.17, 15) is 14.7 Å². The number of carboxylic acids is 1. The first-order valence-corrected chi connectivity index (χ1v) is 9.02. The van der Waals surface area contributed by atoms with Gasteiger partial charge in [0.25, 0.3) is 5.91 Å². The second-order valence-electron chi connectivity index (χ2n) is 6.36. The summed E-state index contributed by atoms with van der Waals surface area (Å²) >= 11 is 1.48. The fourth-order valence-electron chi connectivity index (χ4n) is 3.56. The Morgan fingerprint density at radius 1 is 1.12 bits per heavy atom. The summed E-state index contributed by atoms with van der Waals surface area (Å²) in [4.78, 5) is 27.3. The lowest BCUT2D eigenvalue weighted by atomic mass is 9.86. The van der Waals surface area contributed by atoms with Crippen LogP contribution in [0.5, 0.6) is 0 Å². The number of carboxylic acid groups (broad SMARTS) is 1. The van der Waals surface area contributed by atoms with Crippen LogP contribution in [0.25, 0.3) is 10.1 Å². The summed E-state index contributed by atoms with van der Waals surface area (Å²) < 4.78 is 1.08. The molecule has 25 heavy (non-hydrogen) atoms. The van der Waals surface area contributed by atoms with Crippen LogP contribution in [0.3, 0.4) is 0 Å². The SMILES string of the molecule is C[C@@H]1C[C@@H](C(=O)O)c2ccccc2N1C(=O)c1cc2ccccc2s1. The van der Waals surface area contributed by atoms with Gasteiger partial charge in [0, 0.05) is 16.4 Å². The highest BCUT2D eigenvalue weighted by Crippen LogP contribution is 2.40. The Balaban J connectivity index is 1.79. The summed E-state index contributed by atoms with van der Waals surface area (Å²) in [6, 6.07) is 17.0. The van der Waals surface area contributed by atoms with Gasteiger partial charge in [0.15, 0.2) is 0 Å². The van der Waals surface area contributed by atoms with E-state index in [0.717, 1.165) is 10.1 Å². The van der Waals surface area contributed by atoms with Crippen LogP contribution in [0.4, 0.5) is 5.69 Å². The van der Waals surface area contributed by atoms with E-state index in [0.29, 0.717) is 22.5 Å². The molecule has 0 fully saturated rings. The maximum Gasteiger partial charge on any atom is 0.311 e. The third-order valence-electron chi connectivity index (χ3n) is 4.74. The Morgan fingerprint density at radius 3 is 2.60 bits per heavy atom. The Bertz CT molecular complexity index is 945. The highest BCUT2D eigenvalue weighted by Gasteiger charge is 2.37. The summed E-state index contributed by atoms with van der Waals surface area (Å²) in [5, 5.41) is 10.6. The van der Waals surface area contributed by atoms with Gasteiger partial charge in [-0.1, -0.05) is 36.4 Å². The van der Waals surface area contributed by atoms with Crippen molar-refractivity contribution in [1.82, 2.24) is 0 Å². The summed E-state index contributed by atoms with van der Waals surface area (Å²) in [5.41, 5.74) is 1.42. The monoisotopic (exact) mass is 351 g/mol. The molecule has 0 unspecified atom stereocenters. The van der Waals surface area contributed by atoms with Crippen molar-refractivity contribution in [2.24, 2.45) is 0 Å². The Labute approximate surface area is 149 Å². The average molecular weight is 351 g/mol. The average Bonchev–Trinajstić information content (AvgIpc) is 3.04. The number of rotatable bonds is 2. The number of thiophene rings is 1. The Morgan fingerprint density at radius 2 is 1.84 bits per heavy atom. The second kappa shape index (κ2) is 6.01. The van der Waals surface area contributed by atoms with E-state index in [1.807, 2.05) is 61.5 Å². The number of hydrogen-bond donors (Lipinski definition) is 1. The summed E-state index contributed by atoms with van der Waals surface area (Å²) in [6.07, 6.45) is 0.420. The highest BCUT2D eigenvalue weighted by molar-refractivity contribution is 7.20. The van der Waals surface area contributed by atoms with E-state index in [1.54, 1.807) is 4.90 Å². The number of aliphatic carboxylic acids is 1. The van der Waals surface area contributed by atoms with Crippen molar-refractivity contribution in [2.45, 2.75) is 25.3 Å². The second-order valence-corrected chi connectivity index (χ2v) is 7.44. The minimum atomic E-state index is -0.840. The van der Waals surface area contributed by atoms with Crippen LogP contribution in [0.1, 0.15) is 34.5 Å². The molecule has 1 aromatic heterocycles. The molecule has 0 saturated carbocycles. The molecule has 126 valence electrons. The maximum absolute atomic E-state index is 13.2. The lowest BCUT2D eigenvalue weighted by molar-refractivity contribution is -0.139. The fourth-order valence-corrected chi connectivity index (χ4v) is 4.56. The van der Waals surface area contributed by atoms with Gasteiger partial charge in [-0.25, -0.2) is 0 Å². The van der Waals surface area contributed by atoms with Gasteiger partial charge in [0.05, 0.1) is 10.8 Å². The Hall–Kier alpha value is -2.66. The fraction of sp³-hybridized carbons (Fsp3) is 0.200. The van der Waals surface area contributed by atoms with E-state index in [1.165, 1.54) is 11.3 Å². The van der Waals surface area contributed by atoms with Crippen LogP contribution in [0, 0.1) is 0 Å². The van der Waals surface area contributed by atoms with E-state index in [4.69, 9.17) is 0 Å². The zero-order valence-electron chi connectivity index (χ0n) is 13.7. The third-order valence-corrected chi connectivity index (χ3v) is 5.85. The first kappa shape index (κ1) is 15.8. The third kappa shape index (κ3) is 2.61. The lowest BCUT2D eigenvalue weighted by Crippen LogP contribution is -2.44. The van der Waals surface area contributed by atoms with E-state index >= 15 is 0 Å². The molecule has 0 saturated heterocycles. The topological polar surface area (TPSA) is 57.6 Å². The van der Waals surface area contributed by atoms with Crippen LogP contribution >= 0.6 is 11.3 Å². The molecule has 0 bridgehead atoms. The minimum absolute atomic E-state index is 0.0648. The minimum Gasteiger partial charge on any atom is -0.481 e. The van der Waals surface area contributed by atoms with Crippen LogP contribution < -0.4 is 4.90 Å². The molecule has 0 radical (unpaired) electrons. The molecule has 1 N–H and O–H groups in total. The smallest absolute Gasteiger partial charge is 0.311 e. The van der Waals surface area contributed by atoms with Gasteiger partial charge in [0.1, 0.15) is 0 Å². The lowest BCUT2D eigenvalue weighted by Gasteiger charge is -2.37. The highest BCUT2D eigenvalue weighted by atomic mass is 32.1. The van der Waals surface area contributed by atoms with Gasteiger partial charge < -0.3 is 10.0 Å². The number of benzene rings is 2. The Kier molecular flexibility index (Phi) is 3.81. The summed E-state index contributed by atoms with van der Waals surface area (Å²) in [7, 11) is 0. The van der Waals surface area contributed by atoms with Gasteiger partial charge >= 0.3 is 5.97 Å². The van der Waals surface area contributed by atoms with Crippen molar-refractivity contribution in [3.8, 4) is 0 Å². The normalized spacial score (nSPS) is 19.6. The van der Waals surface area contributed by atoms with Crippen molar-refractivity contribution < 1.29 is 14.7 Å². The number of fused-ring (bicyclic) bond motifs is 2. The van der Waals surface area contributed by atoms with Gasteiger partial charge in [-0.3, -0.25) is 9.59 Å². The largest absolute Gasteiger partial charge is 0.481 e. The molecular weight excluding hydrogens is 334 g/mol. The van der Waals surface area contributed by atoms with Gasteiger partial charge in [0.2, 0.25) is 0 Å². The van der Waals surface area contributed by atoms with Crippen LogP contribution in [-0.2, 0) is 4.79 Å². The molecular formula is C20H17NO3S. The summed E-state index contributed by atoms with van der Waals surface area (Å²) in [5.74, 6) is -1.48. The molecule has 4 rings (SSSR count). The van der Waals surface area contributed by atoms with Crippen LogP contribution in [0.2, 0.25) is 0 Å². The standard InChI is InChI=1S/C20H17NO3S/c1-12-10-15(20(23)24)14-7-3-4-8-16(14)21(12)19(22)18-11-13-6-2-5-9-17(13)25-18/h2-9,11-12,15H,10H2,1H3,(H,23,24)/t12-,15-/m1/s1. The predicted molar refractivity (Wildman–Crippen MR) is 99.5 cm³/mol. The number of nitrogens with zero attached hydrogens (tertiary/aromatic N) is 1. The molecule has 5 heteroatoms. The van der Waals surface area contributed by atoms with Crippen molar-refractivity contribution in [1.29, 1.82) is 0 Å². The molecule has 2 aromatic carbocycles. The number of carbonyl (C=O) groups is 2. The molecule has 0 aliphatic carbocycles. The van der Waals surface area contributed by atoms with Crippen LogP contribution in [-0.4, -0.2) is 23.0 Å². The summed E-state index contributed by atoms with van der Waals surface area (Å²) in [6.45, 7) is 1.91. The molecule has 2 atom stereocenters. The first-order chi connectivity index (χ1) is 12.1. The molecule has 2 heterocycles. The van der Waals surface area contributed by atoms with Gasteiger partial charge in [-0.15, -0.1) is 11.3 Å². The zero-order chi connectivity index (χ0) is 17.6. The number of carbonyl (C=O) groups excluding carboxylic acids is 1. The number of hydrogen-bond acceptors (Lipinski definition) is 3. The molecule has 3 aromatic rings. The quantitative estimate of drug-likeness (QED) is 0.739. The molecule has 1 aliphatic heterocycles. The van der Waals surface area contributed by atoms with Crippen molar-refractivity contribution in [3.63, 3.8) is 0 Å². The van der Waals surface area contributed by atoms with Crippen LogP contribution in [0.15, 0.2) is 54.6 Å². The zero-order valence-corrected chi connectivity index (χ0v) is 14.5.